The highest BCUT2D eigenvalue weighted by Crippen LogP contribution is 2.37. The van der Waals surface area contributed by atoms with Crippen LogP contribution in [-0.2, 0) is 19.0 Å². The van der Waals surface area contributed by atoms with Gasteiger partial charge in [-0.25, -0.2) is 4.79 Å². The monoisotopic (exact) mass is 426 g/mol. The van der Waals surface area contributed by atoms with Crippen LogP contribution in [-0.4, -0.2) is 53.1 Å². The van der Waals surface area contributed by atoms with Crippen molar-refractivity contribution in [3.63, 3.8) is 0 Å². The molecule has 1 fully saturated rings. The Hall–Kier alpha value is -2.31. The second-order valence-corrected chi connectivity index (χ2v) is 8.67. The number of aryl methyl sites for hydroxylation is 2. The van der Waals surface area contributed by atoms with Gasteiger partial charge in [-0.3, -0.25) is 18.5 Å². The molecule has 10 nitrogen and oxygen atoms in total. The second kappa shape index (κ2) is 7.84. The van der Waals surface area contributed by atoms with Crippen LogP contribution in [0.5, 0.6) is 0 Å². The summed E-state index contributed by atoms with van der Waals surface area (Å²) in [5.41, 5.74) is -1.94. The van der Waals surface area contributed by atoms with Gasteiger partial charge in [0.15, 0.2) is 0 Å². The smallest absolute Gasteiger partial charge is 0.330 e. The summed E-state index contributed by atoms with van der Waals surface area (Å²) in [7, 11) is -4.16. The molecule has 0 spiro atoms. The van der Waals surface area contributed by atoms with E-state index in [0.29, 0.717) is 0 Å². The lowest BCUT2D eigenvalue weighted by atomic mass is 9.99. The Labute approximate surface area is 166 Å². The molecule has 3 atom stereocenters. The molecule has 0 radical (unpaired) electrons. The van der Waals surface area contributed by atoms with E-state index in [-0.39, 0.29) is 16.9 Å². The minimum Gasteiger partial charge on any atom is -0.393 e. The van der Waals surface area contributed by atoms with Crippen molar-refractivity contribution in [3.8, 4) is 0 Å². The van der Waals surface area contributed by atoms with Gasteiger partial charge in [-0.1, -0.05) is 17.7 Å². The molecule has 1 aliphatic heterocycles. The summed E-state index contributed by atoms with van der Waals surface area (Å²) in [4.78, 5) is 25.7. The summed E-state index contributed by atoms with van der Waals surface area (Å²) >= 11 is 0. The molecule has 1 saturated heterocycles. The molecule has 2 aromatic rings. The van der Waals surface area contributed by atoms with Gasteiger partial charge < -0.3 is 14.9 Å². The maximum absolute atomic E-state index is 12.4. The zero-order valence-electron chi connectivity index (χ0n) is 15.9. The van der Waals surface area contributed by atoms with Crippen molar-refractivity contribution in [1.29, 1.82) is 0 Å². The number of aromatic amines is 1. The van der Waals surface area contributed by atoms with Crippen LogP contribution in [0, 0.1) is 13.8 Å². The molecule has 3 rings (SSSR count). The van der Waals surface area contributed by atoms with Gasteiger partial charge in [-0.2, -0.15) is 8.42 Å². The van der Waals surface area contributed by atoms with E-state index in [2.05, 4.69) is 4.98 Å². The summed E-state index contributed by atoms with van der Waals surface area (Å²) < 4.78 is 36.6. The van der Waals surface area contributed by atoms with Gasteiger partial charge >= 0.3 is 5.69 Å². The average molecular weight is 426 g/mol. The molecule has 0 aliphatic carbocycles. The third kappa shape index (κ3) is 4.19. The van der Waals surface area contributed by atoms with E-state index in [9.17, 15) is 28.2 Å². The van der Waals surface area contributed by atoms with E-state index in [1.807, 2.05) is 0 Å². The highest BCUT2D eigenvalue weighted by molar-refractivity contribution is 7.86. The first kappa shape index (κ1) is 21.4. The van der Waals surface area contributed by atoms with E-state index in [1.54, 1.807) is 19.1 Å². The third-order valence-electron chi connectivity index (χ3n) is 4.89. The first-order chi connectivity index (χ1) is 13.6. The van der Waals surface area contributed by atoms with E-state index in [1.165, 1.54) is 25.3 Å². The Morgan fingerprint density at radius 1 is 1.28 bits per heavy atom. The van der Waals surface area contributed by atoms with Crippen LogP contribution in [0.15, 0.2) is 44.9 Å². The number of hydrogen-bond donors (Lipinski definition) is 3. The largest absolute Gasteiger partial charge is 0.393 e. The Bertz CT molecular complexity index is 1110. The van der Waals surface area contributed by atoms with Crippen molar-refractivity contribution in [2.45, 2.75) is 43.1 Å². The lowest BCUT2D eigenvalue weighted by molar-refractivity contribution is -0.145. The molecule has 0 unspecified atom stereocenters. The number of benzene rings is 1. The number of nitrogens with zero attached hydrogens (tertiary/aromatic N) is 1. The molecule has 0 bridgehead atoms. The van der Waals surface area contributed by atoms with Crippen molar-refractivity contribution in [3.05, 3.63) is 62.4 Å². The molecule has 11 heteroatoms. The fourth-order valence-corrected chi connectivity index (χ4v) is 4.00. The van der Waals surface area contributed by atoms with Gasteiger partial charge in [0, 0.05) is 18.2 Å². The number of aliphatic hydroxyl groups is 2. The summed E-state index contributed by atoms with van der Waals surface area (Å²) in [5.74, 6) is 0. The van der Waals surface area contributed by atoms with Gasteiger partial charge in [0.05, 0.1) is 17.6 Å². The van der Waals surface area contributed by atoms with Crippen LogP contribution in [0.25, 0.3) is 0 Å². The number of H-pyrrole nitrogens is 1. The summed E-state index contributed by atoms with van der Waals surface area (Å²) in [6.07, 6.45) is -1.17. The van der Waals surface area contributed by atoms with Crippen LogP contribution >= 0.6 is 0 Å². The molecule has 3 N–H and O–H groups in total. The summed E-state index contributed by atoms with van der Waals surface area (Å²) in [5, 5.41) is 20.3. The number of rotatable bonds is 6. The van der Waals surface area contributed by atoms with E-state index >= 15 is 0 Å². The fraction of sp³-hybridized carbons (Fsp3) is 0.444. The van der Waals surface area contributed by atoms with Crippen LogP contribution in [0.3, 0.4) is 0 Å². The summed E-state index contributed by atoms with van der Waals surface area (Å²) in [6.45, 7) is 1.90. The van der Waals surface area contributed by atoms with Crippen molar-refractivity contribution in [2.75, 3.05) is 13.2 Å². The molecule has 158 valence electrons. The topological polar surface area (TPSA) is 148 Å². The van der Waals surface area contributed by atoms with Crippen molar-refractivity contribution >= 4 is 10.1 Å². The maximum atomic E-state index is 12.4. The molecule has 0 amide bonds. The lowest BCUT2D eigenvalue weighted by Crippen LogP contribution is -2.48. The predicted octanol–water partition coefficient (Wildman–Crippen LogP) is -0.430. The van der Waals surface area contributed by atoms with Gasteiger partial charge in [-0.05, 0) is 26.0 Å². The molecule has 1 aliphatic rings. The lowest BCUT2D eigenvalue weighted by Gasteiger charge is -2.29. The number of ether oxygens (including phenoxy) is 1. The normalized spacial score (nSPS) is 24.7. The van der Waals surface area contributed by atoms with E-state index in [0.717, 1.165) is 10.1 Å². The third-order valence-corrected chi connectivity index (χ3v) is 6.17. The van der Waals surface area contributed by atoms with Crippen LogP contribution in [0.1, 0.15) is 23.8 Å². The van der Waals surface area contributed by atoms with Gasteiger partial charge in [0.25, 0.3) is 15.7 Å². The zero-order chi connectivity index (χ0) is 21.4. The summed E-state index contributed by atoms with van der Waals surface area (Å²) in [6, 6.07) is 5.99. The standard InChI is InChI=1S/C18H22N2O8S/c1-11-3-5-13(6-4-11)29(25,26)27-10-18(9-21)14(22)7-15(28-18)20-8-12(2)16(23)19-17(20)24/h3-6,8,14-15,21-22H,7,9-10H2,1-2H3,(H,19,23,24)/t14-,15+,18-/m0/s1. The molecule has 2 heterocycles. The zero-order valence-corrected chi connectivity index (χ0v) is 16.7. The molecular formula is C18H22N2O8S. The highest BCUT2D eigenvalue weighted by Gasteiger charge is 2.50. The molecule has 29 heavy (non-hydrogen) atoms. The predicted molar refractivity (Wildman–Crippen MR) is 101 cm³/mol. The average Bonchev–Trinajstić information content (AvgIpc) is 3.00. The van der Waals surface area contributed by atoms with Crippen molar-refractivity contribution < 1.29 is 27.6 Å². The molecule has 1 aromatic heterocycles. The Morgan fingerprint density at radius 2 is 1.93 bits per heavy atom. The second-order valence-electron chi connectivity index (χ2n) is 7.05. The van der Waals surface area contributed by atoms with Crippen LogP contribution in [0.2, 0.25) is 0 Å². The number of hydrogen-bond acceptors (Lipinski definition) is 8. The Balaban J connectivity index is 1.82. The van der Waals surface area contributed by atoms with Crippen LogP contribution < -0.4 is 11.2 Å². The van der Waals surface area contributed by atoms with Crippen molar-refractivity contribution in [1.82, 2.24) is 9.55 Å². The fourth-order valence-electron chi connectivity index (χ4n) is 3.04. The van der Waals surface area contributed by atoms with Gasteiger partial charge in [0.1, 0.15) is 18.4 Å². The first-order valence-electron chi connectivity index (χ1n) is 8.83. The molecular weight excluding hydrogens is 404 g/mol. The number of nitrogens with one attached hydrogen (secondary N) is 1. The molecule has 1 aromatic carbocycles. The van der Waals surface area contributed by atoms with Crippen molar-refractivity contribution in [2.24, 2.45) is 0 Å². The first-order valence-corrected chi connectivity index (χ1v) is 10.2. The Kier molecular flexibility index (Phi) is 5.79. The maximum Gasteiger partial charge on any atom is 0.330 e. The molecule has 0 saturated carbocycles. The highest BCUT2D eigenvalue weighted by atomic mass is 32.2. The Morgan fingerprint density at radius 3 is 2.55 bits per heavy atom. The van der Waals surface area contributed by atoms with Gasteiger partial charge in [0.2, 0.25) is 0 Å². The SMILES string of the molecule is Cc1ccc(S(=O)(=O)OC[C@]2(CO)O[C@@H](n3cc(C)c(=O)[nH]c3=O)C[C@@H]2O)cc1. The minimum atomic E-state index is -4.16. The van der Waals surface area contributed by atoms with Gasteiger partial charge in [-0.15, -0.1) is 0 Å². The number of aliphatic hydroxyl groups excluding tert-OH is 2. The van der Waals surface area contributed by atoms with E-state index in [4.69, 9.17) is 8.92 Å². The van der Waals surface area contributed by atoms with E-state index < -0.39 is 52.5 Å². The number of aromatic nitrogens is 2. The van der Waals surface area contributed by atoms with Crippen LogP contribution in [0.4, 0.5) is 0 Å². The minimum absolute atomic E-state index is 0.0762. The quantitative estimate of drug-likeness (QED) is 0.527.